The van der Waals surface area contributed by atoms with Crippen LogP contribution in [0.4, 0.5) is 0 Å². The first-order chi connectivity index (χ1) is 11.2. The molecular formula is C18H24O5. The Kier molecular flexibility index (Phi) is 5.06. The maximum atomic E-state index is 12.0. The van der Waals surface area contributed by atoms with Gasteiger partial charge in [0.05, 0.1) is 32.0 Å². The Morgan fingerprint density at radius 1 is 1.09 bits per heavy atom. The highest BCUT2D eigenvalue weighted by molar-refractivity contribution is 5.92. The van der Waals surface area contributed by atoms with Crippen LogP contribution in [0.1, 0.15) is 48.0 Å². The Hall–Kier alpha value is -1.75. The minimum Gasteiger partial charge on any atom is -0.490 e. The van der Waals surface area contributed by atoms with Crippen LogP contribution < -0.4 is 9.47 Å². The molecule has 126 valence electrons. The van der Waals surface area contributed by atoms with Gasteiger partial charge in [-0.3, -0.25) is 0 Å². The van der Waals surface area contributed by atoms with Crippen molar-refractivity contribution in [2.75, 3.05) is 20.3 Å². The van der Waals surface area contributed by atoms with E-state index < -0.39 is 0 Å². The number of ether oxygens (including phenoxy) is 4. The number of esters is 1. The molecule has 2 aliphatic rings. The molecule has 1 aromatic rings. The topological polar surface area (TPSA) is 54.0 Å². The summed E-state index contributed by atoms with van der Waals surface area (Å²) in [6, 6.07) is 3.66. The van der Waals surface area contributed by atoms with Crippen molar-refractivity contribution in [2.45, 2.75) is 51.2 Å². The standard InChI is InChI=1S/C18H24O5/c1-12-16(18(19)20-2)10-15(22-13-4-3-5-13)11-17(12)23-14-6-8-21-9-7-14/h10-11,13-14H,3-9H2,1-2H3. The van der Waals surface area contributed by atoms with Gasteiger partial charge in [0.1, 0.15) is 17.6 Å². The zero-order chi connectivity index (χ0) is 16.2. The van der Waals surface area contributed by atoms with E-state index in [9.17, 15) is 4.79 Å². The van der Waals surface area contributed by atoms with E-state index in [0.29, 0.717) is 30.3 Å². The Bertz CT molecular complexity index is 559. The minimum absolute atomic E-state index is 0.117. The third-order valence-electron chi connectivity index (χ3n) is 4.56. The first-order valence-electron chi connectivity index (χ1n) is 8.31. The fraction of sp³-hybridized carbons (Fsp3) is 0.611. The van der Waals surface area contributed by atoms with Crippen LogP contribution in [0, 0.1) is 6.92 Å². The third-order valence-corrected chi connectivity index (χ3v) is 4.56. The van der Waals surface area contributed by atoms with E-state index in [0.717, 1.165) is 31.2 Å². The molecule has 5 nitrogen and oxygen atoms in total. The Morgan fingerprint density at radius 3 is 2.39 bits per heavy atom. The fourth-order valence-electron chi connectivity index (χ4n) is 2.83. The molecule has 1 heterocycles. The van der Waals surface area contributed by atoms with E-state index in [4.69, 9.17) is 18.9 Å². The molecule has 2 fully saturated rings. The maximum absolute atomic E-state index is 12.0. The van der Waals surface area contributed by atoms with E-state index in [1.165, 1.54) is 13.5 Å². The van der Waals surface area contributed by atoms with Crippen LogP contribution in [0.2, 0.25) is 0 Å². The van der Waals surface area contributed by atoms with Gasteiger partial charge in [-0.1, -0.05) is 0 Å². The number of methoxy groups -OCH3 is 1. The van der Waals surface area contributed by atoms with E-state index in [-0.39, 0.29) is 18.2 Å². The van der Waals surface area contributed by atoms with Crippen LogP contribution >= 0.6 is 0 Å². The van der Waals surface area contributed by atoms with Gasteiger partial charge in [0.25, 0.3) is 0 Å². The second kappa shape index (κ2) is 7.21. The van der Waals surface area contributed by atoms with E-state index in [2.05, 4.69) is 0 Å². The summed E-state index contributed by atoms with van der Waals surface area (Å²) < 4.78 is 22.3. The van der Waals surface area contributed by atoms with Crippen LogP contribution in [-0.2, 0) is 9.47 Å². The molecule has 0 spiro atoms. The lowest BCUT2D eigenvalue weighted by molar-refractivity contribution is 0.0249. The van der Waals surface area contributed by atoms with Crippen molar-refractivity contribution in [2.24, 2.45) is 0 Å². The smallest absolute Gasteiger partial charge is 0.338 e. The van der Waals surface area contributed by atoms with Crippen molar-refractivity contribution in [3.8, 4) is 11.5 Å². The van der Waals surface area contributed by atoms with Crippen molar-refractivity contribution in [1.82, 2.24) is 0 Å². The lowest BCUT2D eigenvalue weighted by Gasteiger charge is -2.28. The summed E-state index contributed by atoms with van der Waals surface area (Å²) in [6.07, 6.45) is 5.42. The Balaban J connectivity index is 1.84. The number of hydrogen-bond acceptors (Lipinski definition) is 5. The predicted octanol–water partition coefficient (Wildman–Crippen LogP) is 3.27. The molecule has 5 heteroatoms. The molecule has 23 heavy (non-hydrogen) atoms. The quantitative estimate of drug-likeness (QED) is 0.779. The summed E-state index contributed by atoms with van der Waals surface area (Å²) in [5.74, 6) is 1.02. The van der Waals surface area contributed by atoms with Gasteiger partial charge in [0.2, 0.25) is 0 Å². The van der Waals surface area contributed by atoms with Gasteiger partial charge in [0.15, 0.2) is 0 Å². The number of carbonyl (C=O) groups excluding carboxylic acids is 1. The van der Waals surface area contributed by atoms with Crippen LogP contribution in [-0.4, -0.2) is 38.5 Å². The summed E-state index contributed by atoms with van der Waals surface area (Å²) in [6.45, 7) is 3.31. The monoisotopic (exact) mass is 320 g/mol. The summed E-state index contributed by atoms with van der Waals surface area (Å²) in [5.41, 5.74) is 1.30. The van der Waals surface area contributed by atoms with Gasteiger partial charge in [-0.05, 0) is 32.3 Å². The maximum Gasteiger partial charge on any atom is 0.338 e. The summed E-state index contributed by atoms with van der Waals surface area (Å²) in [5, 5.41) is 0. The van der Waals surface area contributed by atoms with Crippen molar-refractivity contribution in [1.29, 1.82) is 0 Å². The molecule has 1 saturated carbocycles. The number of hydrogen-bond donors (Lipinski definition) is 0. The molecule has 1 saturated heterocycles. The van der Waals surface area contributed by atoms with Gasteiger partial charge in [-0.25, -0.2) is 4.79 Å². The second-order valence-electron chi connectivity index (χ2n) is 6.19. The molecule has 1 aromatic carbocycles. The fourth-order valence-corrected chi connectivity index (χ4v) is 2.83. The Labute approximate surface area is 136 Å². The molecule has 0 amide bonds. The lowest BCUT2D eigenvalue weighted by Crippen LogP contribution is -2.27. The van der Waals surface area contributed by atoms with Gasteiger partial charge in [-0.2, -0.15) is 0 Å². The molecule has 1 aliphatic carbocycles. The summed E-state index contributed by atoms with van der Waals surface area (Å²) >= 11 is 0. The van der Waals surface area contributed by atoms with E-state index in [1.54, 1.807) is 6.07 Å². The highest BCUT2D eigenvalue weighted by Gasteiger charge is 2.23. The molecule has 0 unspecified atom stereocenters. The average Bonchev–Trinajstić information content (AvgIpc) is 2.54. The number of carbonyl (C=O) groups is 1. The molecule has 1 aliphatic heterocycles. The van der Waals surface area contributed by atoms with Crippen LogP contribution in [0.15, 0.2) is 12.1 Å². The van der Waals surface area contributed by atoms with Gasteiger partial charge in [0, 0.05) is 24.5 Å². The number of rotatable bonds is 5. The SMILES string of the molecule is COC(=O)c1cc(OC2CCC2)cc(OC2CCOCC2)c1C. The minimum atomic E-state index is -0.363. The highest BCUT2D eigenvalue weighted by Crippen LogP contribution is 2.33. The zero-order valence-corrected chi connectivity index (χ0v) is 13.8. The molecule has 0 aromatic heterocycles. The van der Waals surface area contributed by atoms with Gasteiger partial charge < -0.3 is 18.9 Å². The first-order valence-corrected chi connectivity index (χ1v) is 8.31. The molecule has 0 radical (unpaired) electrons. The third kappa shape index (κ3) is 3.78. The lowest BCUT2D eigenvalue weighted by atomic mass is 9.96. The van der Waals surface area contributed by atoms with E-state index >= 15 is 0 Å². The first kappa shape index (κ1) is 16.1. The van der Waals surface area contributed by atoms with Crippen molar-refractivity contribution in [3.63, 3.8) is 0 Å². The summed E-state index contributed by atoms with van der Waals surface area (Å²) in [7, 11) is 1.39. The summed E-state index contributed by atoms with van der Waals surface area (Å²) in [4.78, 5) is 12.0. The number of benzene rings is 1. The van der Waals surface area contributed by atoms with Crippen molar-refractivity contribution in [3.05, 3.63) is 23.3 Å². The zero-order valence-electron chi connectivity index (χ0n) is 13.8. The second-order valence-corrected chi connectivity index (χ2v) is 6.19. The van der Waals surface area contributed by atoms with Crippen LogP contribution in [0.25, 0.3) is 0 Å². The van der Waals surface area contributed by atoms with Crippen LogP contribution in [0.3, 0.4) is 0 Å². The molecule has 0 bridgehead atoms. The Morgan fingerprint density at radius 2 is 1.78 bits per heavy atom. The predicted molar refractivity (Wildman–Crippen MR) is 85.3 cm³/mol. The van der Waals surface area contributed by atoms with Crippen molar-refractivity contribution >= 4 is 5.97 Å². The van der Waals surface area contributed by atoms with Crippen molar-refractivity contribution < 1.29 is 23.7 Å². The van der Waals surface area contributed by atoms with Crippen LogP contribution in [0.5, 0.6) is 11.5 Å². The molecule has 0 atom stereocenters. The largest absolute Gasteiger partial charge is 0.490 e. The molecular weight excluding hydrogens is 296 g/mol. The van der Waals surface area contributed by atoms with Gasteiger partial charge >= 0.3 is 5.97 Å². The highest BCUT2D eigenvalue weighted by atomic mass is 16.5. The molecule has 0 N–H and O–H groups in total. The normalized spacial score (nSPS) is 19.0. The van der Waals surface area contributed by atoms with E-state index in [1.807, 2.05) is 13.0 Å². The average molecular weight is 320 g/mol. The van der Waals surface area contributed by atoms with Gasteiger partial charge in [-0.15, -0.1) is 0 Å². The molecule has 3 rings (SSSR count).